The molecule has 1 rings (SSSR count). The third-order valence-corrected chi connectivity index (χ3v) is 2.13. The summed E-state index contributed by atoms with van der Waals surface area (Å²) in [5, 5.41) is 0. The van der Waals surface area contributed by atoms with E-state index in [1.807, 2.05) is 24.3 Å². The van der Waals surface area contributed by atoms with E-state index in [1.165, 1.54) is 11.0 Å². The largest absolute Gasteiger partial charge is 0.497 e. The summed E-state index contributed by atoms with van der Waals surface area (Å²) in [6, 6.07) is 7.59. The van der Waals surface area contributed by atoms with Crippen molar-refractivity contribution in [3.05, 3.63) is 24.3 Å². The number of rotatable bonds is 2. The quantitative estimate of drug-likeness (QED) is 0.741. The maximum absolute atomic E-state index is 5.50. The van der Waals surface area contributed by atoms with Crippen molar-refractivity contribution in [3.63, 3.8) is 0 Å². The molecular weight excluding hydrogens is 203 g/mol. The smallest absolute Gasteiger partial charge is 0.118 e. The summed E-state index contributed by atoms with van der Waals surface area (Å²) in [6.45, 7) is 0. The van der Waals surface area contributed by atoms with Crippen LogP contribution in [0.1, 0.15) is 0 Å². The lowest BCUT2D eigenvalue weighted by Gasteiger charge is -1.98. The predicted octanol–water partition coefficient (Wildman–Crippen LogP) is 3.36. The lowest BCUT2D eigenvalue weighted by atomic mass is 10.3. The van der Waals surface area contributed by atoms with Crippen LogP contribution in [0.2, 0.25) is 0 Å². The van der Waals surface area contributed by atoms with E-state index >= 15 is 0 Å². The zero-order valence-corrected chi connectivity index (χ0v) is 8.30. The Morgan fingerprint density at radius 2 is 1.82 bits per heavy atom. The van der Waals surface area contributed by atoms with Crippen LogP contribution in [0, 0.1) is 0 Å². The fraction of sp³-hybridized carbons (Fsp3) is 0.143. The number of methoxy groups -OCH3 is 1. The number of ether oxygens (including phenoxy) is 1. The van der Waals surface area contributed by atoms with Gasteiger partial charge in [-0.2, -0.15) is 0 Å². The molecule has 0 saturated heterocycles. The average Bonchev–Trinajstić information content (AvgIpc) is 2.05. The Balaban J connectivity index is 0.000001000. The van der Waals surface area contributed by atoms with Crippen LogP contribution >= 0.6 is 34.1 Å². The Labute approximate surface area is 81.0 Å². The fourth-order valence-corrected chi connectivity index (χ4v) is 1.17. The molecule has 1 aromatic carbocycles. The number of benzene rings is 1. The van der Waals surface area contributed by atoms with Gasteiger partial charge in [0.15, 0.2) is 0 Å². The Bertz CT molecular complexity index is 177. The molecule has 0 saturated carbocycles. The van der Waals surface area contributed by atoms with Gasteiger partial charge in [-0.15, -0.1) is 12.4 Å². The first-order chi connectivity index (χ1) is 4.86. The summed E-state index contributed by atoms with van der Waals surface area (Å²) in [5.74, 6) is 0.856. The minimum Gasteiger partial charge on any atom is -0.497 e. The molecule has 0 heterocycles. The van der Waals surface area contributed by atoms with E-state index in [9.17, 15) is 0 Å². The lowest BCUT2D eigenvalue weighted by Crippen LogP contribution is -1.80. The van der Waals surface area contributed by atoms with E-state index in [2.05, 4.69) is 0 Å². The van der Waals surface area contributed by atoms with Gasteiger partial charge in [0.05, 0.1) is 7.11 Å². The van der Waals surface area contributed by atoms with Crippen molar-refractivity contribution in [1.29, 1.82) is 0 Å². The molecule has 0 aliphatic rings. The van der Waals surface area contributed by atoms with Gasteiger partial charge in [0.1, 0.15) is 5.75 Å². The van der Waals surface area contributed by atoms with Crippen LogP contribution in [-0.4, -0.2) is 7.11 Å². The van der Waals surface area contributed by atoms with Gasteiger partial charge in [-0.1, -0.05) is 0 Å². The van der Waals surface area contributed by atoms with Gasteiger partial charge in [-0.3, -0.25) is 0 Å². The third kappa shape index (κ3) is 3.23. The second kappa shape index (κ2) is 5.58. The average molecular weight is 211 g/mol. The molecule has 0 bridgehead atoms. The molecule has 0 aliphatic heterocycles. The predicted molar refractivity (Wildman–Crippen MR) is 52.0 cm³/mol. The molecule has 0 amide bonds. The first-order valence-electron chi connectivity index (χ1n) is 2.79. The van der Waals surface area contributed by atoms with Crippen molar-refractivity contribution in [3.8, 4) is 5.75 Å². The van der Waals surface area contributed by atoms with Gasteiger partial charge in [0.2, 0.25) is 0 Å². The standard InChI is InChI=1S/C7H7ClOS.ClH/c1-9-6-2-4-7(10-8)5-3-6;/h2-5H,1H3;1H. The highest BCUT2D eigenvalue weighted by atomic mass is 35.7. The van der Waals surface area contributed by atoms with Crippen molar-refractivity contribution < 1.29 is 4.74 Å². The van der Waals surface area contributed by atoms with Gasteiger partial charge >= 0.3 is 0 Å². The van der Waals surface area contributed by atoms with Gasteiger partial charge in [0, 0.05) is 4.90 Å². The highest BCUT2D eigenvalue weighted by Crippen LogP contribution is 2.23. The molecule has 0 atom stereocenters. The van der Waals surface area contributed by atoms with Gasteiger partial charge < -0.3 is 4.74 Å². The van der Waals surface area contributed by atoms with E-state index < -0.39 is 0 Å². The van der Waals surface area contributed by atoms with Crippen LogP contribution in [-0.2, 0) is 0 Å². The normalized spacial score (nSPS) is 8.55. The van der Waals surface area contributed by atoms with E-state index in [-0.39, 0.29) is 12.4 Å². The molecule has 11 heavy (non-hydrogen) atoms. The lowest BCUT2D eigenvalue weighted by molar-refractivity contribution is 0.414. The molecule has 0 fully saturated rings. The monoisotopic (exact) mass is 210 g/mol. The van der Waals surface area contributed by atoms with Crippen molar-refractivity contribution in [2.45, 2.75) is 4.90 Å². The molecule has 0 N–H and O–H groups in total. The summed E-state index contributed by atoms with van der Waals surface area (Å²) in [5.41, 5.74) is 0. The van der Waals surface area contributed by atoms with E-state index in [0.29, 0.717) is 0 Å². The molecule has 0 aliphatic carbocycles. The first kappa shape index (κ1) is 11.0. The maximum atomic E-state index is 5.50. The first-order valence-corrected chi connectivity index (χ1v) is 4.43. The Morgan fingerprint density at radius 3 is 2.18 bits per heavy atom. The second-order valence-corrected chi connectivity index (χ2v) is 2.84. The molecule has 0 aromatic heterocycles. The zero-order valence-electron chi connectivity index (χ0n) is 5.91. The van der Waals surface area contributed by atoms with Crippen LogP contribution < -0.4 is 4.74 Å². The van der Waals surface area contributed by atoms with Crippen LogP contribution in [0.4, 0.5) is 0 Å². The maximum Gasteiger partial charge on any atom is 0.118 e. The molecule has 62 valence electrons. The molecule has 4 heteroatoms. The van der Waals surface area contributed by atoms with E-state index in [1.54, 1.807) is 7.11 Å². The van der Waals surface area contributed by atoms with Crippen molar-refractivity contribution >= 4 is 34.1 Å². The zero-order chi connectivity index (χ0) is 7.40. The highest BCUT2D eigenvalue weighted by molar-refractivity contribution is 8.21. The van der Waals surface area contributed by atoms with Crippen LogP contribution in [0.5, 0.6) is 5.75 Å². The molecule has 0 unspecified atom stereocenters. The van der Waals surface area contributed by atoms with Gasteiger partial charge in [0.25, 0.3) is 0 Å². The Kier molecular flexibility index (Phi) is 5.56. The van der Waals surface area contributed by atoms with Crippen molar-refractivity contribution in [1.82, 2.24) is 0 Å². The van der Waals surface area contributed by atoms with Gasteiger partial charge in [-0.25, -0.2) is 0 Å². The summed E-state index contributed by atoms with van der Waals surface area (Å²) >= 11 is 0. The summed E-state index contributed by atoms with van der Waals surface area (Å²) in [6.07, 6.45) is 0. The molecule has 1 nitrogen and oxygen atoms in total. The van der Waals surface area contributed by atoms with Gasteiger partial charge in [-0.05, 0) is 45.9 Å². The Morgan fingerprint density at radius 1 is 1.27 bits per heavy atom. The van der Waals surface area contributed by atoms with E-state index in [4.69, 9.17) is 15.4 Å². The third-order valence-electron chi connectivity index (χ3n) is 1.15. The minimum absolute atomic E-state index is 0. The minimum atomic E-state index is 0. The SMILES string of the molecule is COc1ccc(SCl)cc1.Cl. The van der Waals surface area contributed by atoms with E-state index in [0.717, 1.165) is 10.6 Å². The number of hydrogen-bond acceptors (Lipinski definition) is 2. The fourth-order valence-electron chi connectivity index (χ4n) is 0.627. The van der Waals surface area contributed by atoms with Crippen LogP contribution in [0.25, 0.3) is 0 Å². The second-order valence-electron chi connectivity index (χ2n) is 1.75. The molecule has 0 radical (unpaired) electrons. The molecule has 1 aromatic rings. The number of halogens is 2. The Hall–Kier alpha value is -0.0500. The van der Waals surface area contributed by atoms with Crippen molar-refractivity contribution in [2.75, 3.05) is 7.11 Å². The van der Waals surface area contributed by atoms with Crippen molar-refractivity contribution in [2.24, 2.45) is 0 Å². The topological polar surface area (TPSA) is 9.23 Å². The number of hydrogen-bond donors (Lipinski definition) is 0. The summed E-state index contributed by atoms with van der Waals surface area (Å²) in [7, 11) is 8.34. The molecular formula is C7H8Cl2OS. The van der Waals surface area contributed by atoms with Crippen LogP contribution in [0.15, 0.2) is 29.2 Å². The van der Waals surface area contributed by atoms with Crippen LogP contribution in [0.3, 0.4) is 0 Å². The highest BCUT2D eigenvalue weighted by Gasteiger charge is 1.90. The summed E-state index contributed by atoms with van der Waals surface area (Å²) in [4.78, 5) is 1.03. The molecule has 0 spiro atoms. The summed E-state index contributed by atoms with van der Waals surface area (Å²) < 4.78 is 4.96.